The van der Waals surface area contributed by atoms with Gasteiger partial charge in [0.15, 0.2) is 0 Å². The molecule has 3 nitrogen and oxygen atoms in total. The lowest BCUT2D eigenvalue weighted by atomic mass is 10.1. The second-order valence-electron chi connectivity index (χ2n) is 5.41. The molecule has 0 saturated carbocycles. The molecule has 1 N–H and O–H groups in total. The number of hydrogen-bond donors (Lipinski definition) is 1. The van der Waals surface area contributed by atoms with Crippen LogP contribution >= 0.6 is 11.6 Å². The van der Waals surface area contributed by atoms with Crippen molar-refractivity contribution in [3.8, 4) is 5.69 Å². The van der Waals surface area contributed by atoms with Gasteiger partial charge in [-0.3, -0.25) is 0 Å². The Morgan fingerprint density at radius 1 is 1.43 bits per heavy atom. The molecule has 1 aliphatic rings. The summed E-state index contributed by atoms with van der Waals surface area (Å²) in [6, 6.07) is 5.19. The fraction of sp³-hybridized carbons (Fsp3) is 0.438. The highest BCUT2D eigenvalue weighted by Gasteiger charge is 2.22. The van der Waals surface area contributed by atoms with E-state index in [0.29, 0.717) is 6.04 Å². The number of rotatable bonds is 3. The zero-order valence-electron chi connectivity index (χ0n) is 12.1. The standard InChI is InChI=1S/C16H19ClFN3/c1-2-19-15-5-3-4-6-16-12(15)10-20-21(16)11-7-8-13(17)14(18)9-11/h7-10,15,19H,2-6H2,1H3. The molecule has 1 aliphatic carbocycles. The molecule has 1 aromatic carbocycles. The van der Waals surface area contributed by atoms with Gasteiger partial charge in [-0.2, -0.15) is 5.10 Å². The molecular weight excluding hydrogens is 289 g/mol. The fourth-order valence-electron chi connectivity index (χ4n) is 3.02. The summed E-state index contributed by atoms with van der Waals surface area (Å²) in [4.78, 5) is 0. The first kappa shape index (κ1) is 14.5. The van der Waals surface area contributed by atoms with Gasteiger partial charge >= 0.3 is 0 Å². The zero-order valence-corrected chi connectivity index (χ0v) is 12.8. The molecule has 1 aromatic heterocycles. The minimum atomic E-state index is -0.407. The van der Waals surface area contributed by atoms with Gasteiger partial charge in [0.25, 0.3) is 0 Å². The maximum atomic E-state index is 13.7. The zero-order chi connectivity index (χ0) is 14.8. The second kappa shape index (κ2) is 6.16. The van der Waals surface area contributed by atoms with Crippen LogP contribution < -0.4 is 5.32 Å². The van der Waals surface area contributed by atoms with E-state index in [1.807, 2.05) is 16.9 Å². The van der Waals surface area contributed by atoms with E-state index in [4.69, 9.17) is 11.6 Å². The quantitative estimate of drug-likeness (QED) is 0.867. The summed E-state index contributed by atoms with van der Waals surface area (Å²) in [5.74, 6) is -0.407. The van der Waals surface area contributed by atoms with Gasteiger partial charge in [-0.1, -0.05) is 24.9 Å². The number of hydrogen-bond acceptors (Lipinski definition) is 2. The Kier molecular flexibility index (Phi) is 4.27. The molecule has 0 bridgehead atoms. The Hall–Kier alpha value is -1.39. The van der Waals surface area contributed by atoms with Crippen molar-refractivity contribution in [2.75, 3.05) is 6.54 Å². The SMILES string of the molecule is CCNC1CCCCc2c1cnn2-c1ccc(Cl)c(F)c1. The lowest BCUT2D eigenvalue weighted by Gasteiger charge is -2.15. The van der Waals surface area contributed by atoms with Crippen molar-refractivity contribution in [1.82, 2.24) is 15.1 Å². The van der Waals surface area contributed by atoms with E-state index in [1.165, 1.54) is 23.7 Å². The predicted molar refractivity (Wildman–Crippen MR) is 82.5 cm³/mol. The lowest BCUT2D eigenvalue weighted by Crippen LogP contribution is -2.20. The van der Waals surface area contributed by atoms with E-state index in [0.717, 1.165) is 31.5 Å². The number of halogens is 2. The Morgan fingerprint density at radius 2 is 2.29 bits per heavy atom. The predicted octanol–water partition coefficient (Wildman–Crippen LogP) is 4.04. The largest absolute Gasteiger partial charge is 0.310 e. The minimum absolute atomic E-state index is 0.141. The van der Waals surface area contributed by atoms with Gasteiger partial charge in [-0.05, 0) is 37.9 Å². The molecule has 0 saturated heterocycles. The summed E-state index contributed by atoms with van der Waals surface area (Å²) >= 11 is 5.76. The third-order valence-electron chi connectivity index (χ3n) is 4.03. The maximum absolute atomic E-state index is 13.7. The molecule has 5 heteroatoms. The smallest absolute Gasteiger partial charge is 0.143 e. The monoisotopic (exact) mass is 307 g/mol. The summed E-state index contributed by atoms with van der Waals surface area (Å²) in [5, 5.41) is 8.14. The summed E-state index contributed by atoms with van der Waals surface area (Å²) in [7, 11) is 0. The Labute approximate surface area is 129 Å². The van der Waals surface area contributed by atoms with Crippen molar-refractivity contribution in [2.45, 2.75) is 38.6 Å². The first-order chi connectivity index (χ1) is 10.2. The molecule has 3 rings (SSSR count). The topological polar surface area (TPSA) is 29.9 Å². The number of fused-ring (bicyclic) bond motifs is 1. The van der Waals surface area contributed by atoms with Crippen LogP contribution in [0.15, 0.2) is 24.4 Å². The molecule has 21 heavy (non-hydrogen) atoms. The van der Waals surface area contributed by atoms with Crippen LogP contribution in [0.1, 0.15) is 43.5 Å². The molecule has 0 radical (unpaired) electrons. The molecule has 0 spiro atoms. The van der Waals surface area contributed by atoms with Crippen LogP contribution in [-0.4, -0.2) is 16.3 Å². The number of nitrogens with one attached hydrogen (secondary N) is 1. The third kappa shape index (κ3) is 2.83. The van der Waals surface area contributed by atoms with Crippen LogP contribution in [0.5, 0.6) is 0 Å². The fourth-order valence-corrected chi connectivity index (χ4v) is 3.14. The van der Waals surface area contributed by atoms with Gasteiger partial charge < -0.3 is 5.32 Å². The number of aromatic nitrogens is 2. The molecule has 0 aliphatic heterocycles. The Balaban J connectivity index is 2.03. The highest BCUT2D eigenvalue weighted by molar-refractivity contribution is 6.30. The Morgan fingerprint density at radius 3 is 3.05 bits per heavy atom. The van der Waals surface area contributed by atoms with E-state index in [9.17, 15) is 4.39 Å². The summed E-state index contributed by atoms with van der Waals surface area (Å²) in [5.41, 5.74) is 3.15. The van der Waals surface area contributed by atoms with Gasteiger partial charge in [0.1, 0.15) is 5.82 Å². The van der Waals surface area contributed by atoms with Crippen molar-refractivity contribution in [3.63, 3.8) is 0 Å². The van der Waals surface area contributed by atoms with E-state index in [-0.39, 0.29) is 5.02 Å². The Bertz CT molecular complexity index is 638. The van der Waals surface area contributed by atoms with Gasteiger partial charge in [0, 0.05) is 23.4 Å². The van der Waals surface area contributed by atoms with Crippen LogP contribution in [-0.2, 0) is 6.42 Å². The summed E-state index contributed by atoms with van der Waals surface area (Å²) < 4.78 is 15.5. The number of nitrogens with zero attached hydrogens (tertiary/aromatic N) is 2. The van der Waals surface area contributed by atoms with Crippen LogP contribution in [0, 0.1) is 5.82 Å². The minimum Gasteiger partial charge on any atom is -0.310 e. The average Bonchev–Trinajstić information content (AvgIpc) is 2.79. The van der Waals surface area contributed by atoms with Gasteiger partial charge in [-0.15, -0.1) is 0 Å². The molecular formula is C16H19ClFN3. The average molecular weight is 308 g/mol. The van der Waals surface area contributed by atoms with E-state index >= 15 is 0 Å². The molecule has 0 amide bonds. The van der Waals surface area contributed by atoms with Crippen molar-refractivity contribution in [2.24, 2.45) is 0 Å². The van der Waals surface area contributed by atoms with E-state index in [2.05, 4.69) is 17.3 Å². The highest BCUT2D eigenvalue weighted by atomic mass is 35.5. The van der Waals surface area contributed by atoms with Crippen molar-refractivity contribution in [1.29, 1.82) is 0 Å². The van der Waals surface area contributed by atoms with Crippen LogP contribution in [0.25, 0.3) is 5.69 Å². The highest BCUT2D eigenvalue weighted by Crippen LogP contribution is 2.30. The normalized spacial score (nSPS) is 18.3. The summed E-state index contributed by atoms with van der Waals surface area (Å²) in [6.45, 7) is 3.05. The molecule has 112 valence electrons. The van der Waals surface area contributed by atoms with Gasteiger partial charge in [0.05, 0.1) is 16.9 Å². The molecule has 2 aromatic rings. The lowest BCUT2D eigenvalue weighted by molar-refractivity contribution is 0.503. The van der Waals surface area contributed by atoms with Crippen LogP contribution in [0.2, 0.25) is 5.02 Å². The number of benzene rings is 1. The van der Waals surface area contributed by atoms with Gasteiger partial charge in [0.2, 0.25) is 0 Å². The maximum Gasteiger partial charge on any atom is 0.143 e. The van der Waals surface area contributed by atoms with Crippen molar-refractivity contribution >= 4 is 11.6 Å². The van der Waals surface area contributed by atoms with Gasteiger partial charge in [-0.25, -0.2) is 9.07 Å². The van der Waals surface area contributed by atoms with Crippen LogP contribution in [0.3, 0.4) is 0 Å². The van der Waals surface area contributed by atoms with E-state index < -0.39 is 5.82 Å². The molecule has 1 atom stereocenters. The first-order valence-corrected chi connectivity index (χ1v) is 7.84. The first-order valence-electron chi connectivity index (χ1n) is 7.46. The molecule has 1 unspecified atom stereocenters. The summed E-state index contributed by atoms with van der Waals surface area (Å²) in [6.07, 6.45) is 6.35. The van der Waals surface area contributed by atoms with E-state index in [1.54, 1.807) is 6.07 Å². The molecule has 0 fully saturated rings. The van der Waals surface area contributed by atoms with Crippen molar-refractivity contribution in [3.05, 3.63) is 46.5 Å². The van der Waals surface area contributed by atoms with Crippen LogP contribution in [0.4, 0.5) is 4.39 Å². The molecule has 1 heterocycles. The third-order valence-corrected chi connectivity index (χ3v) is 4.34. The van der Waals surface area contributed by atoms with Crippen molar-refractivity contribution < 1.29 is 4.39 Å². The second-order valence-corrected chi connectivity index (χ2v) is 5.82.